The standard InChI is InChI=1S/C11H18N/c1-2-4-6-10(5-3-1)11-7-8-12-9-11/h9-10H,1-8H2. The van der Waals surface area contributed by atoms with Crippen molar-refractivity contribution in [3.8, 4) is 0 Å². The second-order valence-corrected chi connectivity index (χ2v) is 4.05. The molecule has 0 spiro atoms. The first kappa shape index (κ1) is 8.15. The van der Waals surface area contributed by atoms with Crippen molar-refractivity contribution in [2.75, 3.05) is 6.54 Å². The minimum atomic E-state index is 0.902. The average molecular weight is 164 g/mol. The fourth-order valence-electron chi connectivity index (χ4n) is 2.40. The Bertz CT molecular complexity index is 164. The van der Waals surface area contributed by atoms with Crippen LogP contribution < -0.4 is 5.32 Å². The summed E-state index contributed by atoms with van der Waals surface area (Å²) < 4.78 is 0. The minimum absolute atomic E-state index is 0.902. The van der Waals surface area contributed by atoms with Crippen molar-refractivity contribution < 1.29 is 0 Å². The number of hydrogen-bond acceptors (Lipinski definition) is 0. The summed E-state index contributed by atoms with van der Waals surface area (Å²) in [6.45, 7) is 1.06. The summed E-state index contributed by atoms with van der Waals surface area (Å²) in [5.41, 5.74) is 1.65. The van der Waals surface area contributed by atoms with Gasteiger partial charge in [0.2, 0.25) is 0 Å². The van der Waals surface area contributed by atoms with Gasteiger partial charge in [-0.1, -0.05) is 25.7 Å². The van der Waals surface area contributed by atoms with Gasteiger partial charge in [-0.2, -0.15) is 0 Å². The molecule has 1 radical (unpaired) electrons. The molecule has 1 nitrogen and oxygen atoms in total. The maximum Gasteiger partial charge on any atom is 0.0427 e. The van der Waals surface area contributed by atoms with E-state index in [4.69, 9.17) is 0 Å². The summed E-state index contributed by atoms with van der Waals surface area (Å²) in [6, 6.07) is 0. The molecule has 1 fully saturated rings. The summed E-state index contributed by atoms with van der Waals surface area (Å²) >= 11 is 0. The summed E-state index contributed by atoms with van der Waals surface area (Å²) in [7, 11) is 0. The monoisotopic (exact) mass is 164 g/mol. The molecular formula is C11H18N. The van der Waals surface area contributed by atoms with Gasteiger partial charge in [0.05, 0.1) is 0 Å². The van der Waals surface area contributed by atoms with Crippen molar-refractivity contribution >= 4 is 0 Å². The van der Waals surface area contributed by atoms with E-state index in [-0.39, 0.29) is 0 Å². The first-order chi connectivity index (χ1) is 5.97. The van der Waals surface area contributed by atoms with Gasteiger partial charge in [-0.3, -0.25) is 5.32 Å². The smallest absolute Gasteiger partial charge is 0.0427 e. The zero-order valence-electron chi connectivity index (χ0n) is 7.76. The van der Waals surface area contributed by atoms with Gasteiger partial charge < -0.3 is 0 Å². The van der Waals surface area contributed by atoms with Crippen LogP contribution in [0.25, 0.3) is 0 Å². The molecule has 0 N–H and O–H groups in total. The molecule has 1 aliphatic carbocycles. The molecule has 1 saturated carbocycles. The van der Waals surface area contributed by atoms with Crippen LogP contribution in [0.15, 0.2) is 11.8 Å². The highest BCUT2D eigenvalue weighted by Crippen LogP contribution is 2.31. The number of hydrogen-bond donors (Lipinski definition) is 0. The number of nitrogens with zero attached hydrogens (tertiary/aromatic N) is 1. The Kier molecular flexibility index (Phi) is 2.70. The van der Waals surface area contributed by atoms with E-state index in [2.05, 4.69) is 11.5 Å². The predicted molar refractivity (Wildman–Crippen MR) is 50.9 cm³/mol. The van der Waals surface area contributed by atoms with E-state index in [9.17, 15) is 0 Å². The molecule has 2 rings (SSSR count). The summed E-state index contributed by atoms with van der Waals surface area (Å²) in [5.74, 6) is 0.902. The lowest BCUT2D eigenvalue weighted by molar-refractivity contribution is 0.521. The van der Waals surface area contributed by atoms with Gasteiger partial charge >= 0.3 is 0 Å². The fourth-order valence-corrected chi connectivity index (χ4v) is 2.40. The summed E-state index contributed by atoms with van der Waals surface area (Å²) in [5, 5.41) is 4.31. The van der Waals surface area contributed by atoms with Crippen molar-refractivity contribution in [2.24, 2.45) is 5.92 Å². The molecule has 0 unspecified atom stereocenters. The van der Waals surface area contributed by atoms with E-state index < -0.39 is 0 Å². The molecule has 0 saturated heterocycles. The highest BCUT2D eigenvalue weighted by atomic mass is 14.9. The lowest BCUT2D eigenvalue weighted by atomic mass is 9.91. The fraction of sp³-hybridized carbons (Fsp3) is 0.818. The molecule has 0 aromatic carbocycles. The Morgan fingerprint density at radius 3 is 2.42 bits per heavy atom. The van der Waals surface area contributed by atoms with Crippen LogP contribution in [0.3, 0.4) is 0 Å². The summed E-state index contributed by atoms with van der Waals surface area (Å²) in [4.78, 5) is 0. The van der Waals surface area contributed by atoms with Crippen molar-refractivity contribution in [1.82, 2.24) is 5.32 Å². The first-order valence-electron chi connectivity index (χ1n) is 5.32. The van der Waals surface area contributed by atoms with Crippen LogP contribution in [0.1, 0.15) is 44.9 Å². The molecule has 0 aromatic heterocycles. The van der Waals surface area contributed by atoms with Gasteiger partial charge in [0.25, 0.3) is 0 Å². The van der Waals surface area contributed by atoms with Crippen LogP contribution in [0.2, 0.25) is 0 Å². The van der Waals surface area contributed by atoms with Gasteiger partial charge in [-0.05, 0) is 30.8 Å². The van der Waals surface area contributed by atoms with Gasteiger partial charge in [-0.25, -0.2) is 0 Å². The minimum Gasteiger partial charge on any atom is -0.293 e. The van der Waals surface area contributed by atoms with E-state index in [1.165, 1.54) is 44.9 Å². The Morgan fingerprint density at radius 1 is 1.08 bits per heavy atom. The molecule has 0 amide bonds. The Morgan fingerprint density at radius 2 is 1.83 bits per heavy atom. The SMILES string of the molecule is C1=C(C2CCCCCC2)CC[N]1. The second kappa shape index (κ2) is 3.97. The lowest BCUT2D eigenvalue weighted by Gasteiger charge is -2.13. The Balaban J connectivity index is 1.91. The highest BCUT2D eigenvalue weighted by Gasteiger charge is 2.18. The second-order valence-electron chi connectivity index (χ2n) is 4.05. The van der Waals surface area contributed by atoms with Crippen LogP contribution in [0, 0.1) is 5.92 Å². The molecule has 0 bridgehead atoms. The van der Waals surface area contributed by atoms with E-state index in [0.717, 1.165) is 12.5 Å². The Hall–Kier alpha value is -0.460. The van der Waals surface area contributed by atoms with E-state index >= 15 is 0 Å². The van der Waals surface area contributed by atoms with Crippen molar-refractivity contribution in [1.29, 1.82) is 0 Å². The topological polar surface area (TPSA) is 14.1 Å². The van der Waals surface area contributed by atoms with E-state index in [1.807, 2.05) is 0 Å². The molecule has 1 heteroatoms. The van der Waals surface area contributed by atoms with Crippen LogP contribution in [0.5, 0.6) is 0 Å². The summed E-state index contributed by atoms with van der Waals surface area (Å²) in [6.07, 6.45) is 12.1. The van der Waals surface area contributed by atoms with Crippen molar-refractivity contribution in [3.63, 3.8) is 0 Å². The van der Waals surface area contributed by atoms with Crippen molar-refractivity contribution in [2.45, 2.75) is 44.9 Å². The van der Waals surface area contributed by atoms with Crippen LogP contribution >= 0.6 is 0 Å². The Labute approximate surface area is 75.2 Å². The quantitative estimate of drug-likeness (QED) is 0.529. The maximum absolute atomic E-state index is 4.31. The predicted octanol–water partition coefficient (Wildman–Crippen LogP) is 2.85. The average Bonchev–Trinajstić information content (AvgIpc) is 2.48. The van der Waals surface area contributed by atoms with Crippen LogP contribution in [0.4, 0.5) is 0 Å². The number of rotatable bonds is 1. The third-order valence-corrected chi connectivity index (χ3v) is 3.17. The molecule has 2 aliphatic rings. The van der Waals surface area contributed by atoms with Gasteiger partial charge in [0.1, 0.15) is 0 Å². The van der Waals surface area contributed by atoms with Crippen LogP contribution in [-0.4, -0.2) is 6.54 Å². The van der Waals surface area contributed by atoms with Gasteiger partial charge in [0, 0.05) is 12.7 Å². The zero-order chi connectivity index (χ0) is 8.23. The third-order valence-electron chi connectivity index (χ3n) is 3.17. The molecule has 0 aromatic rings. The molecule has 12 heavy (non-hydrogen) atoms. The molecule has 1 heterocycles. The lowest BCUT2D eigenvalue weighted by Crippen LogP contribution is -2.01. The van der Waals surface area contributed by atoms with Gasteiger partial charge in [-0.15, -0.1) is 0 Å². The normalized spacial score (nSPS) is 26.2. The molecule has 0 atom stereocenters. The van der Waals surface area contributed by atoms with E-state index in [0.29, 0.717) is 0 Å². The molecule has 67 valence electrons. The molecule has 1 aliphatic heterocycles. The van der Waals surface area contributed by atoms with Crippen molar-refractivity contribution in [3.05, 3.63) is 11.8 Å². The van der Waals surface area contributed by atoms with Gasteiger partial charge in [0.15, 0.2) is 0 Å². The zero-order valence-corrected chi connectivity index (χ0v) is 7.76. The maximum atomic E-state index is 4.31. The van der Waals surface area contributed by atoms with E-state index in [1.54, 1.807) is 5.57 Å². The largest absolute Gasteiger partial charge is 0.293 e. The highest BCUT2D eigenvalue weighted by molar-refractivity contribution is 5.10. The first-order valence-corrected chi connectivity index (χ1v) is 5.32. The van der Waals surface area contributed by atoms with Crippen LogP contribution in [-0.2, 0) is 0 Å². The third kappa shape index (κ3) is 1.82. The molecular weight excluding hydrogens is 146 g/mol.